The van der Waals surface area contributed by atoms with E-state index in [1.54, 1.807) is 6.07 Å². The van der Waals surface area contributed by atoms with Crippen molar-refractivity contribution in [3.05, 3.63) is 60.0 Å². The SMILES string of the molecule is NCc1cc(COc2ccc3ccccc3c2)on1. The molecule has 0 spiro atoms. The molecule has 0 aliphatic rings. The number of aromatic nitrogens is 1. The Labute approximate surface area is 110 Å². The van der Waals surface area contributed by atoms with Crippen LogP contribution in [0.3, 0.4) is 0 Å². The molecule has 4 nitrogen and oxygen atoms in total. The van der Waals surface area contributed by atoms with E-state index in [4.69, 9.17) is 15.0 Å². The summed E-state index contributed by atoms with van der Waals surface area (Å²) < 4.78 is 10.8. The van der Waals surface area contributed by atoms with Gasteiger partial charge in [-0.05, 0) is 22.9 Å². The molecule has 19 heavy (non-hydrogen) atoms. The van der Waals surface area contributed by atoms with Crippen molar-refractivity contribution in [1.82, 2.24) is 5.16 Å². The van der Waals surface area contributed by atoms with Gasteiger partial charge in [0.2, 0.25) is 0 Å². The number of rotatable bonds is 4. The minimum Gasteiger partial charge on any atom is -0.486 e. The molecule has 0 aliphatic carbocycles. The first-order valence-electron chi connectivity index (χ1n) is 6.11. The Kier molecular flexibility index (Phi) is 3.16. The molecule has 0 fully saturated rings. The zero-order valence-corrected chi connectivity index (χ0v) is 10.4. The van der Waals surface area contributed by atoms with E-state index in [2.05, 4.69) is 17.3 Å². The van der Waals surface area contributed by atoms with Crippen molar-refractivity contribution in [2.24, 2.45) is 5.73 Å². The molecule has 96 valence electrons. The summed E-state index contributed by atoms with van der Waals surface area (Å²) in [6, 6.07) is 16.0. The van der Waals surface area contributed by atoms with Gasteiger partial charge in [-0.1, -0.05) is 35.5 Å². The molecule has 0 amide bonds. The van der Waals surface area contributed by atoms with Crippen LogP contribution in [0.2, 0.25) is 0 Å². The summed E-state index contributed by atoms with van der Waals surface area (Å²) in [7, 11) is 0. The first-order valence-corrected chi connectivity index (χ1v) is 6.11. The fourth-order valence-corrected chi connectivity index (χ4v) is 1.93. The summed E-state index contributed by atoms with van der Waals surface area (Å²) in [5, 5.41) is 6.16. The highest BCUT2D eigenvalue weighted by molar-refractivity contribution is 5.83. The third-order valence-electron chi connectivity index (χ3n) is 2.92. The zero-order chi connectivity index (χ0) is 13.1. The third kappa shape index (κ3) is 2.58. The van der Waals surface area contributed by atoms with Gasteiger partial charge in [-0.2, -0.15) is 0 Å². The molecule has 1 heterocycles. The van der Waals surface area contributed by atoms with Gasteiger partial charge in [-0.3, -0.25) is 0 Å². The van der Waals surface area contributed by atoms with Crippen molar-refractivity contribution < 1.29 is 9.26 Å². The second kappa shape index (κ2) is 5.12. The van der Waals surface area contributed by atoms with Gasteiger partial charge in [0.25, 0.3) is 0 Å². The van der Waals surface area contributed by atoms with Gasteiger partial charge < -0.3 is 15.0 Å². The van der Waals surface area contributed by atoms with Crippen molar-refractivity contribution in [1.29, 1.82) is 0 Å². The van der Waals surface area contributed by atoms with E-state index in [1.165, 1.54) is 5.39 Å². The summed E-state index contributed by atoms with van der Waals surface area (Å²) in [6.07, 6.45) is 0. The smallest absolute Gasteiger partial charge is 0.174 e. The van der Waals surface area contributed by atoms with Crippen LogP contribution in [0.15, 0.2) is 53.1 Å². The number of hydrogen-bond donors (Lipinski definition) is 1. The van der Waals surface area contributed by atoms with Gasteiger partial charge >= 0.3 is 0 Å². The molecule has 0 saturated carbocycles. The molecule has 0 bridgehead atoms. The molecule has 0 atom stereocenters. The topological polar surface area (TPSA) is 61.3 Å². The fraction of sp³-hybridized carbons (Fsp3) is 0.133. The van der Waals surface area contributed by atoms with E-state index in [0.29, 0.717) is 18.9 Å². The van der Waals surface area contributed by atoms with Crippen LogP contribution < -0.4 is 10.5 Å². The second-order valence-electron chi connectivity index (χ2n) is 4.29. The number of nitrogens with zero attached hydrogens (tertiary/aromatic N) is 1. The lowest BCUT2D eigenvalue weighted by atomic mass is 10.1. The number of ether oxygens (including phenoxy) is 1. The van der Waals surface area contributed by atoms with Crippen LogP contribution in [0.1, 0.15) is 11.5 Å². The lowest BCUT2D eigenvalue weighted by molar-refractivity contribution is 0.249. The molecule has 0 unspecified atom stereocenters. The molecule has 3 rings (SSSR count). The van der Waals surface area contributed by atoms with Crippen LogP contribution in [0.25, 0.3) is 10.8 Å². The summed E-state index contributed by atoms with van der Waals surface area (Å²) in [6.45, 7) is 0.727. The van der Waals surface area contributed by atoms with Crippen molar-refractivity contribution in [2.75, 3.05) is 0 Å². The Balaban J connectivity index is 1.74. The average molecular weight is 254 g/mol. The Morgan fingerprint density at radius 1 is 1.05 bits per heavy atom. The van der Waals surface area contributed by atoms with E-state index in [-0.39, 0.29) is 0 Å². The molecule has 2 N–H and O–H groups in total. The van der Waals surface area contributed by atoms with E-state index in [1.807, 2.05) is 30.3 Å². The van der Waals surface area contributed by atoms with Crippen LogP contribution in [-0.2, 0) is 13.2 Å². The Morgan fingerprint density at radius 3 is 2.68 bits per heavy atom. The van der Waals surface area contributed by atoms with E-state index in [9.17, 15) is 0 Å². The maximum absolute atomic E-state index is 5.68. The first-order chi connectivity index (χ1) is 9.35. The van der Waals surface area contributed by atoms with Crippen LogP contribution in [-0.4, -0.2) is 5.16 Å². The monoisotopic (exact) mass is 254 g/mol. The standard InChI is InChI=1S/C15H14N2O2/c16-9-13-8-15(19-17-13)10-18-14-6-5-11-3-1-2-4-12(11)7-14/h1-8H,9-10,16H2. The molecule has 4 heteroatoms. The molecule has 3 aromatic rings. The van der Waals surface area contributed by atoms with Crippen molar-refractivity contribution >= 4 is 10.8 Å². The lowest BCUT2D eigenvalue weighted by Gasteiger charge is -2.05. The van der Waals surface area contributed by atoms with Gasteiger partial charge in [0.05, 0.1) is 5.69 Å². The minimum absolute atomic E-state index is 0.353. The quantitative estimate of drug-likeness (QED) is 0.777. The van der Waals surface area contributed by atoms with Crippen LogP contribution in [0.5, 0.6) is 5.75 Å². The molecular formula is C15H14N2O2. The molecule has 0 radical (unpaired) electrons. The van der Waals surface area contributed by atoms with Gasteiger partial charge in [0.15, 0.2) is 5.76 Å². The van der Waals surface area contributed by atoms with Gasteiger partial charge in [0.1, 0.15) is 12.4 Å². The van der Waals surface area contributed by atoms with E-state index < -0.39 is 0 Å². The largest absolute Gasteiger partial charge is 0.486 e. The average Bonchev–Trinajstić information content (AvgIpc) is 2.93. The van der Waals surface area contributed by atoms with E-state index >= 15 is 0 Å². The Bertz CT molecular complexity index is 691. The fourth-order valence-electron chi connectivity index (χ4n) is 1.93. The number of benzene rings is 2. The van der Waals surface area contributed by atoms with Crippen LogP contribution >= 0.6 is 0 Å². The van der Waals surface area contributed by atoms with Crippen molar-refractivity contribution in [2.45, 2.75) is 13.2 Å². The first kappa shape index (κ1) is 11.7. The maximum atomic E-state index is 5.68. The molecule has 1 aromatic heterocycles. The minimum atomic E-state index is 0.353. The number of fused-ring (bicyclic) bond motifs is 1. The highest BCUT2D eigenvalue weighted by Gasteiger charge is 2.04. The summed E-state index contributed by atoms with van der Waals surface area (Å²) in [5.41, 5.74) is 6.20. The predicted octanol–water partition coefficient (Wildman–Crippen LogP) is 2.87. The number of hydrogen-bond acceptors (Lipinski definition) is 4. The summed E-state index contributed by atoms with van der Waals surface area (Å²) in [5.74, 6) is 1.48. The highest BCUT2D eigenvalue weighted by atomic mass is 16.5. The van der Waals surface area contributed by atoms with Gasteiger partial charge in [0, 0.05) is 12.6 Å². The summed E-state index contributed by atoms with van der Waals surface area (Å²) in [4.78, 5) is 0. The maximum Gasteiger partial charge on any atom is 0.174 e. The van der Waals surface area contributed by atoms with Crippen LogP contribution in [0.4, 0.5) is 0 Å². The van der Waals surface area contributed by atoms with Crippen LogP contribution in [0, 0.1) is 0 Å². The zero-order valence-electron chi connectivity index (χ0n) is 10.4. The third-order valence-corrected chi connectivity index (χ3v) is 2.92. The normalized spacial score (nSPS) is 10.8. The summed E-state index contributed by atoms with van der Waals surface area (Å²) >= 11 is 0. The van der Waals surface area contributed by atoms with Gasteiger partial charge in [-0.15, -0.1) is 0 Å². The van der Waals surface area contributed by atoms with Crippen molar-refractivity contribution in [3.63, 3.8) is 0 Å². The predicted molar refractivity (Wildman–Crippen MR) is 72.7 cm³/mol. The highest BCUT2D eigenvalue weighted by Crippen LogP contribution is 2.21. The molecule has 0 saturated heterocycles. The molecule has 2 aromatic carbocycles. The molecular weight excluding hydrogens is 240 g/mol. The van der Waals surface area contributed by atoms with E-state index in [0.717, 1.165) is 16.8 Å². The molecule has 0 aliphatic heterocycles. The lowest BCUT2D eigenvalue weighted by Crippen LogP contribution is -1.96. The van der Waals surface area contributed by atoms with Gasteiger partial charge in [-0.25, -0.2) is 0 Å². The number of nitrogens with two attached hydrogens (primary N) is 1. The Hall–Kier alpha value is -2.33. The Morgan fingerprint density at radius 2 is 1.89 bits per heavy atom. The van der Waals surface area contributed by atoms with Crippen molar-refractivity contribution in [3.8, 4) is 5.75 Å². The second-order valence-corrected chi connectivity index (χ2v) is 4.29.